The molecule has 3 aromatic rings. The summed E-state index contributed by atoms with van der Waals surface area (Å²) >= 11 is 0. The number of nitrogens with one attached hydrogen (secondary N) is 2. The van der Waals surface area contributed by atoms with Gasteiger partial charge in [0.2, 0.25) is 5.82 Å². The van der Waals surface area contributed by atoms with Crippen LogP contribution in [0.15, 0.2) is 61.3 Å². The normalized spacial score (nSPS) is 10.4. The molecular formula is C18H15FN4O2. The molecule has 0 aliphatic heterocycles. The summed E-state index contributed by atoms with van der Waals surface area (Å²) in [7, 11) is 0. The van der Waals surface area contributed by atoms with Gasteiger partial charge in [-0.05, 0) is 36.4 Å². The molecule has 2 aromatic heterocycles. The summed E-state index contributed by atoms with van der Waals surface area (Å²) < 4.78 is 14.5. The predicted octanol–water partition coefficient (Wildman–Crippen LogP) is 2.64. The van der Waals surface area contributed by atoms with Crippen LogP contribution in [0.25, 0.3) is 5.52 Å². The molecule has 0 spiro atoms. The van der Waals surface area contributed by atoms with Gasteiger partial charge in [0.1, 0.15) is 5.82 Å². The summed E-state index contributed by atoms with van der Waals surface area (Å²) in [6.07, 6.45) is 3.20. The van der Waals surface area contributed by atoms with Gasteiger partial charge in [-0.25, -0.2) is 9.37 Å². The van der Waals surface area contributed by atoms with Crippen molar-refractivity contribution in [3.05, 3.63) is 78.7 Å². The molecule has 0 aliphatic carbocycles. The van der Waals surface area contributed by atoms with Gasteiger partial charge < -0.3 is 10.6 Å². The molecule has 0 radical (unpaired) electrons. The summed E-state index contributed by atoms with van der Waals surface area (Å²) in [6.45, 7) is 3.84. The molecule has 7 heteroatoms. The molecular weight excluding hydrogens is 323 g/mol. The minimum atomic E-state index is -0.504. The monoisotopic (exact) mass is 338 g/mol. The van der Waals surface area contributed by atoms with E-state index in [1.165, 1.54) is 28.7 Å². The third kappa shape index (κ3) is 3.40. The molecule has 126 valence electrons. The van der Waals surface area contributed by atoms with Crippen LogP contribution in [0.5, 0.6) is 0 Å². The van der Waals surface area contributed by atoms with E-state index in [-0.39, 0.29) is 11.5 Å². The van der Waals surface area contributed by atoms with Crippen molar-refractivity contribution in [1.82, 2.24) is 14.7 Å². The van der Waals surface area contributed by atoms with E-state index in [2.05, 4.69) is 22.2 Å². The second-order valence-electron chi connectivity index (χ2n) is 5.20. The zero-order valence-electron chi connectivity index (χ0n) is 13.2. The molecule has 6 nitrogen and oxygen atoms in total. The number of pyridine rings is 1. The van der Waals surface area contributed by atoms with Crippen LogP contribution in [0, 0.1) is 5.82 Å². The summed E-state index contributed by atoms with van der Waals surface area (Å²) in [6, 6.07) is 10.6. The minimum Gasteiger partial charge on any atom is -0.347 e. The summed E-state index contributed by atoms with van der Waals surface area (Å²) in [5.41, 5.74) is 1.08. The lowest BCUT2D eigenvalue weighted by molar-refractivity contribution is 0.0955. The fourth-order valence-electron chi connectivity index (χ4n) is 2.33. The number of nitrogens with zero attached hydrogens (tertiary/aromatic N) is 2. The van der Waals surface area contributed by atoms with Crippen LogP contribution in [0.2, 0.25) is 0 Å². The number of imidazole rings is 1. The Hall–Kier alpha value is -3.48. The molecule has 2 amide bonds. The van der Waals surface area contributed by atoms with Crippen molar-refractivity contribution in [3.63, 3.8) is 0 Å². The first-order valence-corrected chi connectivity index (χ1v) is 7.53. The van der Waals surface area contributed by atoms with Crippen LogP contribution < -0.4 is 10.6 Å². The first kappa shape index (κ1) is 16.4. The SMILES string of the molecule is C=CCNC(=O)c1nc(C(=O)Nc2ccc(F)cc2)n2ccccc12. The van der Waals surface area contributed by atoms with Crippen LogP contribution in [0.4, 0.5) is 10.1 Å². The maximum Gasteiger partial charge on any atom is 0.292 e. The average molecular weight is 338 g/mol. The number of halogens is 1. The largest absolute Gasteiger partial charge is 0.347 e. The molecule has 0 bridgehead atoms. The van der Waals surface area contributed by atoms with Gasteiger partial charge in [0.25, 0.3) is 11.8 Å². The van der Waals surface area contributed by atoms with E-state index in [0.717, 1.165) is 0 Å². The van der Waals surface area contributed by atoms with Gasteiger partial charge in [0.15, 0.2) is 5.69 Å². The molecule has 0 saturated carbocycles. The second kappa shape index (κ2) is 6.96. The highest BCUT2D eigenvalue weighted by Gasteiger charge is 2.21. The number of fused-ring (bicyclic) bond motifs is 1. The Morgan fingerprint density at radius 2 is 1.92 bits per heavy atom. The third-order valence-electron chi connectivity index (χ3n) is 3.48. The topological polar surface area (TPSA) is 75.5 Å². The number of benzene rings is 1. The molecule has 2 heterocycles. The van der Waals surface area contributed by atoms with Crippen LogP contribution in [-0.4, -0.2) is 27.7 Å². The number of hydrogen-bond donors (Lipinski definition) is 2. The highest BCUT2D eigenvalue weighted by Crippen LogP contribution is 2.15. The molecule has 1 aromatic carbocycles. The van der Waals surface area contributed by atoms with Crippen LogP contribution in [-0.2, 0) is 0 Å². The molecule has 3 rings (SSSR count). The van der Waals surface area contributed by atoms with Gasteiger partial charge in [-0.2, -0.15) is 0 Å². The van der Waals surface area contributed by atoms with Gasteiger partial charge in [-0.15, -0.1) is 6.58 Å². The molecule has 2 N–H and O–H groups in total. The summed E-state index contributed by atoms with van der Waals surface area (Å²) in [5.74, 6) is -1.24. The fraction of sp³-hybridized carbons (Fsp3) is 0.0556. The van der Waals surface area contributed by atoms with Gasteiger partial charge >= 0.3 is 0 Å². The van der Waals surface area contributed by atoms with Crippen molar-refractivity contribution in [1.29, 1.82) is 0 Å². The van der Waals surface area contributed by atoms with Crippen molar-refractivity contribution >= 4 is 23.0 Å². The van der Waals surface area contributed by atoms with Crippen LogP contribution >= 0.6 is 0 Å². The molecule has 0 fully saturated rings. The van der Waals surface area contributed by atoms with Crippen molar-refractivity contribution in [3.8, 4) is 0 Å². The Labute approximate surface area is 143 Å². The Morgan fingerprint density at radius 1 is 1.16 bits per heavy atom. The number of hydrogen-bond acceptors (Lipinski definition) is 3. The van der Waals surface area contributed by atoms with Gasteiger partial charge in [-0.3, -0.25) is 14.0 Å². The smallest absolute Gasteiger partial charge is 0.292 e. The maximum atomic E-state index is 13.0. The maximum absolute atomic E-state index is 13.0. The summed E-state index contributed by atoms with van der Waals surface area (Å²) in [4.78, 5) is 29.0. The highest BCUT2D eigenvalue weighted by molar-refractivity contribution is 6.06. The number of carbonyl (C=O) groups excluding carboxylic acids is 2. The predicted molar refractivity (Wildman–Crippen MR) is 92.1 cm³/mol. The van der Waals surface area contributed by atoms with E-state index in [4.69, 9.17) is 0 Å². The van der Waals surface area contributed by atoms with Gasteiger partial charge in [0.05, 0.1) is 5.52 Å². The van der Waals surface area contributed by atoms with E-state index in [9.17, 15) is 14.0 Å². The van der Waals surface area contributed by atoms with E-state index in [1.807, 2.05) is 0 Å². The van der Waals surface area contributed by atoms with E-state index < -0.39 is 17.6 Å². The Balaban J connectivity index is 1.95. The Morgan fingerprint density at radius 3 is 2.64 bits per heavy atom. The number of rotatable bonds is 5. The minimum absolute atomic E-state index is 0.0590. The molecule has 25 heavy (non-hydrogen) atoms. The number of anilines is 1. The Kier molecular flexibility index (Phi) is 4.56. The second-order valence-corrected chi connectivity index (χ2v) is 5.20. The summed E-state index contributed by atoms with van der Waals surface area (Å²) in [5, 5.41) is 5.28. The number of carbonyl (C=O) groups is 2. The molecule has 0 unspecified atom stereocenters. The van der Waals surface area contributed by atoms with Gasteiger partial charge in [-0.1, -0.05) is 12.1 Å². The molecule has 0 atom stereocenters. The zero-order chi connectivity index (χ0) is 17.8. The highest BCUT2D eigenvalue weighted by atomic mass is 19.1. The van der Waals surface area contributed by atoms with Crippen LogP contribution in [0.3, 0.4) is 0 Å². The van der Waals surface area contributed by atoms with E-state index >= 15 is 0 Å². The molecule has 0 aliphatic rings. The lowest BCUT2D eigenvalue weighted by Crippen LogP contribution is -2.24. The lowest BCUT2D eigenvalue weighted by atomic mass is 10.3. The van der Waals surface area contributed by atoms with Crippen molar-refractivity contribution in [2.45, 2.75) is 0 Å². The third-order valence-corrected chi connectivity index (χ3v) is 3.48. The quantitative estimate of drug-likeness (QED) is 0.702. The first-order chi connectivity index (χ1) is 12.1. The number of aromatic nitrogens is 2. The van der Waals surface area contributed by atoms with Gasteiger partial charge in [0, 0.05) is 18.4 Å². The van der Waals surface area contributed by atoms with Crippen LogP contribution in [0.1, 0.15) is 21.1 Å². The molecule has 0 saturated heterocycles. The fourth-order valence-corrected chi connectivity index (χ4v) is 2.33. The number of amides is 2. The van der Waals surface area contributed by atoms with E-state index in [0.29, 0.717) is 17.7 Å². The lowest BCUT2D eigenvalue weighted by Gasteiger charge is -2.04. The Bertz CT molecular complexity index is 947. The zero-order valence-corrected chi connectivity index (χ0v) is 13.2. The standard InChI is InChI=1S/C18H15FN4O2/c1-2-10-20-17(24)15-14-5-3-4-11-23(14)16(22-15)18(25)21-13-8-6-12(19)7-9-13/h2-9,11H,1,10H2,(H,20,24)(H,21,25). The van der Waals surface area contributed by atoms with Crippen molar-refractivity contribution in [2.24, 2.45) is 0 Å². The average Bonchev–Trinajstić information content (AvgIpc) is 3.01. The van der Waals surface area contributed by atoms with Crippen molar-refractivity contribution < 1.29 is 14.0 Å². The van der Waals surface area contributed by atoms with E-state index in [1.54, 1.807) is 30.5 Å². The first-order valence-electron chi connectivity index (χ1n) is 7.53. The van der Waals surface area contributed by atoms with Crippen molar-refractivity contribution in [2.75, 3.05) is 11.9 Å².